The van der Waals surface area contributed by atoms with Crippen LogP contribution < -0.4 is 4.90 Å². The third-order valence-electron chi connectivity index (χ3n) is 4.64. The molecule has 1 atom stereocenters. The fourth-order valence-corrected chi connectivity index (χ4v) is 3.40. The Labute approximate surface area is 141 Å². The van der Waals surface area contributed by atoms with Crippen molar-refractivity contribution < 1.29 is 9.59 Å². The Balaban J connectivity index is 1.58. The van der Waals surface area contributed by atoms with Gasteiger partial charge in [-0.15, -0.1) is 0 Å². The molecule has 0 aromatic carbocycles. The first-order valence-electron chi connectivity index (χ1n) is 7.94. The van der Waals surface area contributed by atoms with Crippen molar-refractivity contribution >= 4 is 29.2 Å². The SMILES string of the molecule is CN1CCC(C(=O)N2CCN(c3ncccc3Cl)CC2)CC1=O. The predicted octanol–water partition coefficient (Wildman–Crippen LogP) is 1.25. The Morgan fingerprint density at radius 1 is 1.26 bits per heavy atom. The van der Waals surface area contributed by atoms with Gasteiger partial charge in [-0.25, -0.2) is 4.98 Å². The van der Waals surface area contributed by atoms with Crippen LogP contribution in [0.5, 0.6) is 0 Å². The number of nitrogens with zero attached hydrogens (tertiary/aromatic N) is 4. The molecule has 0 aliphatic carbocycles. The van der Waals surface area contributed by atoms with Crippen LogP contribution in [-0.4, -0.2) is 66.4 Å². The molecular formula is C16H21ClN4O2. The van der Waals surface area contributed by atoms with Crippen LogP contribution in [-0.2, 0) is 9.59 Å². The highest BCUT2D eigenvalue weighted by atomic mass is 35.5. The van der Waals surface area contributed by atoms with Crippen LogP contribution in [0.2, 0.25) is 5.02 Å². The Bertz CT molecular complexity index is 601. The first-order valence-corrected chi connectivity index (χ1v) is 8.32. The summed E-state index contributed by atoms with van der Waals surface area (Å²) >= 11 is 6.18. The molecule has 2 fully saturated rings. The molecule has 3 heterocycles. The summed E-state index contributed by atoms with van der Waals surface area (Å²) in [6, 6.07) is 3.63. The number of pyridine rings is 1. The van der Waals surface area contributed by atoms with Gasteiger partial charge in [-0.05, 0) is 18.6 Å². The van der Waals surface area contributed by atoms with Crippen molar-refractivity contribution in [3.63, 3.8) is 0 Å². The molecule has 124 valence electrons. The highest BCUT2D eigenvalue weighted by Crippen LogP contribution is 2.25. The lowest BCUT2D eigenvalue weighted by Crippen LogP contribution is -2.52. The summed E-state index contributed by atoms with van der Waals surface area (Å²) in [4.78, 5) is 34.4. The molecular weight excluding hydrogens is 316 g/mol. The smallest absolute Gasteiger partial charge is 0.226 e. The minimum atomic E-state index is -0.163. The molecule has 1 unspecified atom stereocenters. The minimum Gasteiger partial charge on any atom is -0.352 e. The lowest BCUT2D eigenvalue weighted by Gasteiger charge is -2.38. The molecule has 0 bridgehead atoms. The van der Waals surface area contributed by atoms with E-state index in [0.29, 0.717) is 44.2 Å². The van der Waals surface area contributed by atoms with Gasteiger partial charge in [0.05, 0.1) is 5.02 Å². The molecule has 23 heavy (non-hydrogen) atoms. The maximum atomic E-state index is 12.6. The number of aromatic nitrogens is 1. The first-order chi connectivity index (χ1) is 11.1. The molecule has 2 saturated heterocycles. The predicted molar refractivity (Wildman–Crippen MR) is 88.4 cm³/mol. The van der Waals surface area contributed by atoms with Crippen LogP contribution in [0.25, 0.3) is 0 Å². The van der Waals surface area contributed by atoms with Crippen LogP contribution in [0.4, 0.5) is 5.82 Å². The van der Waals surface area contributed by atoms with Gasteiger partial charge >= 0.3 is 0 Å². The van der Waals surface area contributed by atoms with Gasteiger partial charge in [-0.1, -0.05) is 11.6 Å². The highest BCUT2D eigenvalue weighted by molar-refractivity contribution is 6.32. The quantitative estimate of drug-likeness (QED) is 0.815. The molecule has 0 saturated carbocycles. The summed E-state index contributed by atoms with van der Waals surface area (Å²) in [5, 5.41) is 0.633. The van der Waals surface area contributed by atoms with Gasteiger partial charge in [0.1, 0.15) is 5.82 Å². The van der Waals surface area contributed by atoms with Crippen LogP contribution in [0.1, 0.15) is 12.8 Å². The maximum absolute atomic E-state index is 12.6. The van der Waals surface area contributed by atoms with Gasteiger partial charge in [0, 0.05) is 58.3 Å². The minimum absolute atomic E-state index is 0.0634. The van der Waals surface area contributed by atoms with Gasteiger partial charge in [0.25, 0.3) is 0 Å². The highest BCUT2D eigenvalue weighted by Gasteiger charge is 2.33. The summed E-state index contributed by atoms with van der Waals surface area (Å²) in [6.45, 7) is 3.38. The second-order valence-electron chi connectivity index (χ2n) is 6.13. The number of hydrogen-bond acceptors (Lipinski definition) is 4. The van der Waals surface area contributed by atoms with Crippen molar-refractivity contribution in [2.75, 3.05) is 44.7 Å². The van der Waals surface area contributed by atoms with Crippen molar-refractivity contribution in [3.8, 4) is 0 Å². The van der Waals surface area contributed by atoms with Gasteiger partial charge in [0.2, 0.25) is 11.8 Å². The second-order valence-corrected chi connectivity index (χ2v) is 6.53. The number of hydrogen-bond donors (Lipinski definition) is 0. The Morgan fingerprint density at radius 2 is 2.00 bits per heavy atom. The number of carbonyl (C=O) groups excluding carboxylic acids is 2. The van der Waals surface area contributed by atoms with Crippen LogP contribution in [0.15, 0.2) is 18.3 Å². The number of likely N-dealkylation sites (tertiary alicyclic amines) is 1. The van der Waals surface area contributed by atoms with Crippen LogP contribution in [0, 0.1) is 5.92 Å². The fraction of sp³-hybridized carbons (Fsp3) is 0.562. The lowest BCUT2D eigenvalue weighted by atomic mass is 9.94. The summed E-state index contributed by atoms with van der Waals surface area (Å²) in [7, 11) is 1.79. The van der Waals surface area contributed by atoms with E-state index in [1.165, 1.54) is 0 Å². The average Bonchev–Trinajstić information content (AvgIpc) is 2.57. The van der Waals surface area contributed by atoms with Crippen LogP contribution in [0.3, 0.4) is 0 Å². The normalized spacial score (nSPS) is 22.4. The van der Waals surface area contributed by atoms with E-state index >= 15 is 0 Å². The van der Waals surface area contributed by atoms with E-state index < -0.39 is 0 Å². The number of rotatable bonds is 2. The van der Waals surface area contributed by atoms with E-state index in [4.69, 9.17) is 11.6 Å². The third-order valence-corrected chi connectivity index (χ3v) is 4.93. The molecule has 1 aromatic heterocycles. The summed E-state index contributed by atoms with van der Waals surface area (Å²) in [5.74, 6) is 0.783. The second kappa shape index (κ2) is 6.74. The number of piperidine rings is 1. The van der Waals surface area contributed by atoms with Gasteiger partial charge < -0.3 is 14.7 Å². The molecule has 0 radical (unpaired) electrons. The van der Waals surface area contributed by atoms with Crippen molar-refractivity contribution in [2.24, 2.45) is 5.92 Å². The van der Waals surface area contributed by atoms with Crippen molar-refractivity contribution in [3.05, 3.63) is 23.4 Å². The fourth-order valence-electron chi connectivity index (χ4n) is 3.16. The zero-order chi connectivity index (χ0) is 16.4. The number of piperazine rings is 1. The van der Waals surface area contributed by atoms with E-state index in [-0.39, 0.29) is 17.7 Å². The molecule has 6 nitrogen and oxygen atoms in total. The lowest BCUT2D eigenvalue weighted by molar-refractivity contribution is -0.144. The van der Waals surface area contributed by atoms with E-state index in [1.807, 2.05) is 17.0 Å². The summed E-state index contributed by atoms with van der Waals surface area (Å²) in [6.07, 6.45) is 2.82. The van der Waals surface area contributed by atoms with Gasteiger partial charge in [-0.3, -0.25) is 9.59 Å². The first kappa shape index (κ1) is 16.1. The molecule has 2 amide bonds. The molecule has 7 heteroatoms. The van der Waals surface area contributed by atoms with Gasteiger partial charge in [0.15, 0.2) is 0 Å². The van der Waals surface area contributed by atoms with E-state index in [2.05, 4.69) is 9.88 Å². The molecule has 3 rings (SSSR count). The maximum Gasteiger partial charge on any atom is 0.226 e. The third kappa shape index (κ3) is 3.42. The molecule has 1 aromatic rings. The standard InChI is InChI=1S/C16H21ClN4O2/c1-19-6-4-12(11-14(19)22)16(23)21-9-7-20(8-10-21)15-13(17)3-2-5-18-15/h2-3,5,12H,4,6-11H2,1H3. The summed E-state index contributed by atoms with van der Waals surface area (Å²) in [5.41, 5.74) is 0. The monoisotopic (exact) mass is 336 g/mol. The number of carbonyl (C=O) groups is 2. The molecule has 2 aliphatic heterocycles. The topological polar surface area (TPSA) is 56.8 Å². The number of halogens is 1. The molecule has 2 aliphatic rings. The Kier molecular flexibility index (Phi) is 4.71. The zero-order valence-electron chi connectivity index (χ0n) is 13.2. The average molecular weight is 337 g/mol. The number of amides is 2. The molecule has 0 spiro atoms. The zero-order valence-corrected chi connectivity index (χ0v) is 14.0. The van der Waals surface area contributed by atoms with Crippen LogP contribution >= 0.6 is 11.6 Å². The Morgan fingerprint density at radius 3 is 2.65 bits per heavy atom. The van der Waals surface area contributed by atoms with Crippen molar-refractivity contribution in [2.45, 2.75) is 12.8 Å². The number of anilines is 1. The van der Waals surface area contributed by atoms with E-state index in [1.54, 1.807) is 18.1 Å². The summed E-state index contributed by atoms with van der Waals surface area (Å²) < 4.78 is 0. The van der Waals surface area contributed by atoms with E-state index in [9.17, 15) is 9.59 Å². The van der Waals surface area contributed by atoms with Crippen molar-refractivity contribution in [1.82, 2.24) is 14.8 Å². The van der Waals surface area contributed by atoms with E-state index in [0.717, 1.165) is 12.2 Å². The molecule has 0 N–H and O–H groups in total. The Hall–Kier alpha value is -1.82. The van der Waals surface area contributed by atoms with Crippen molar-refractivity contribution in [1.29, 1.82) is 0 Å². The van der Waals surface area contributed by atoms with Gasteiger partial charge in [-0.2, -0.15) is 0 Å². The largest absolute Gasteiger partial charge is 0.352 e.